The van der Waals surface area contributed by atoms with Gasteiger partial charge in [-0.2, -0.15) is 0 Å². The van der Waals surface area contributed by atoms with E-state index in [1.54, 1.807) is 4.57 Å². The summed E-state index contributed by atoms with van der Waals surface area (Å²) in [5.74, 6) is 0.146. The summed E-state index contributed by atoms with van der Waals surface area (Å²) < 4.78 is 7.21. The van der Waals surface area contributed by atoms with Crippen molar-refractivity contribution in [3.8, 4) is 11.5 Å². The number of carboxylic acid groups (broad SMARTS) is 1. The fraction of sp³-hybridized carbons (Fsp3) is 0.417. The zero-order valence-electron chi connectivity index (χ0n) is 10.6. The Balaban J connectivity index is 2.43. The number of hydrogen-bond donors (Lipinski definition) is 1. The van der Waals surface area contributed by atoms with Crippen molar-refractivity contribution in [2.75, 3.05) is 0 Å². The molecule has 6 nitrogen and oxygen atoms in total. The number of aromatic nitrogens is 3. The molecule has 0 amide bonds. The normalized spacial score (nSPS) is 10.8. The van der Waals surface area contributed by atoms with Crippen LogP contribution in [0, 0.1) is 13.8 Å². The number of aryl methyl sites for hydroxylation is 2. The van der Waals surface area contributed by atoms with Crippen LogP contribution in [-0.4, -0.2) is 25.8 Å². The molecule has 96 valence electrons. The summed E-state index contributed by atoms with van der Waals surface area (Å²) >= 11 is 0. The zero-order chi connectivity index (χ0) is 13.3. The highest BCUT2D eigenvalue weighted by atomic mass is 16.4. The van der Waals surface area contributed by atoms with Gasteiger partial charge in [0.1, 0.15) is 6.54 Å². The van der Waals surface area contributed by atoms with Gasteiger partial charge in [0.2, 0.25) is 11.8 Å². The molecule has 0 unspecified atom stereocenters. The fourth-order valence-corrected chi connectivity index (χ4v) is 1.90. The molecule has 2 rings (SSSR count). The van der Waals surface area contributed by atoms with E-state index in [0.29, 0.717) is 18.2 Å². The minimum absolute atomic E-state index is 0.0631. The molecular weight excluding hydrogens is 234 g/mol. The van der Waals surface area contributed by atoms with Crippen LogP contribution < -0.4 is 0 Å². The Hall–Kier alpha value is -2.11. The summed E-state index contributed by atoms with van der Waals surface area (Å²) in [6, 6.07) is 1.87. The lowest BCUT2D eigenvalue weighted by molar-refractivity contribution is -0.137. The van der Waals surface area contributed by atoms with E-state index in [4.69, 9.17) is 9.52 Å². The van der Waals surface area contributed by atoms with Crippen LogP contribution in [0.25, 0.3) is 11.5 Å². The van der Waals surface area contributed by atoms with E-state index in [1.807, 2.05) is 26.8 Å². The van der Waals surface area contributed by atoms with Crippen molar-refractivity contribution in [2.24, 2.45) is 0 Å². The van der Waals surface area contributed by atoms with Gasteiger partial charge in [-0.3, -0.25) is 4.79 Å². The molecule has 0 saturated heterocycles. The topological polar surface area (TPSA) is 81.2 Å². The summed E-state index contributed by atoms with van der Waals surface area (Å²) in [7, 11) is 0. The number of hydrogen-bond acceptors (Lipinski definition) is 4. The zero-order valence-corrected chi connectivity index (χ0v) is 10.6. The minimum Gasteiger partial charge on any atom is -0.480 e. The van der Waals surface area contributed by atoms with E-state index in [2.05, 4.69) is 10.2 Å². The van der Waals surface area contributed by atoms with Crippen molar-refractivity contribution >= 4 is 5.97 Å². The third-order valence-corrected chi connectivity index (χ3v) is 2.87. The predicted molar refractivity (Wildman–Crippen MR) is 64.2 cm³/mol. The maximum atomic E-state index is 10.8. The standard InChI is InChI=1S/C12H15N3O3/c1-4-10-13-14-12(18-10)9-5-7(2)15(8(9)3)6-11(16)17/h5H,4,6H2,1-3H3,(H,16,17). The molecule has 0 bridgehead atoms. The molecule has 0 spiro atoms. The van der Waals surface area contributed by atoms with Crippen molar-refractivity contribution in [2.45, 2.75) is 33.7 Å². The monoisotopic (exact) mass is 249 g/mol. The van der Waals surface area contributed by atoms with Crippen molar-refractivity contribution in [1.82, 2.24) is 14.8 Å². The summed E-state index contributed by atoms with van der Waals surface area (Å²) in [4.78, 5) is 10.8. The van der Waals surface area contributed by atoms with Crippen molar-refractivity contribution < 1.29 is 14.3 Å². The first kappa shape index (κ1) is 12.3. The van der Waals surface area contributed by atoms with Crippen LogP contribution in [0.2, 0.25) is 0 Å². The quantitative estimate of drug-likeness (QED) is 0.893. The van der Waals surface area contributed by atoms with Crippen LogP contribution >= 0.6 is 0 Å². The van der Waals surface area contributed by atoms with E-state index in [9.17, 15) is 4.79 Å². The molecule has 0 saturated carbocycles. The smallest absolute Gasteiger partial charge is 0.323 e. The Kier molecular flexibility index (Phi) is 3.18. The molecular formula is C12H15N3O3. The van der Waals surface area contributed by atoms with E-state index >= 15 is 0 Å². The second kappa shape index (κ2) is 4.64. The lowest BCUT2D eigenvalue weighted by atomic mass is 10.2. The summed E-state index contributed by atoms with van der Waals surface area (Å²) in [5.41, 5.74) is 2.48. The van der Waals surface area contributed by atoms with Gasteiger partial charge in [0, 0.05) is 17.8 Å². The molecule has 0 fully saturated rings. The third kappa shape index (κ3) is 2.13. The molecule has 2 heterocycles. The van der Waals surface area contributed by atoms with Crippen LogP contribution in [0.5, 0.6) is 0 Å². The Morgan fingerprint density at radius 1 is 1.44 bits per heavy atom. The summed E-state index contributed by atoms with van der Waals surface area (Å²) in [5, 5.41) is 16.7. The number of nitrogens with zero attached hydrogens (tertiary/aromatic N) is 3. The number of carboxylic acids is 1. The van der Waals surface area contributed by atoms with Gasteiger partial charge in [-0.15, -0.1) is 10.2 Å². The maximum Gasteiger partial charge on any atom is 0.323 e. The van der Waals surface area contributed by atoms with Gasteiger partial charge in [0.15, 0.2) is 0 Å². The number of rotatable bonds is 4. The first-order valence-electron chi connectivity index (χ1n) is 5.74. The molecule has 0 radical (unpaired) electrons. The second-order valence-electron chi connectivity index (χ2n) is 4.12. The predicted octanol–water partition coefficient (Wildman–Crippen LogP) is 1.80. The Morgan fingerprint density at radius 2 is 2.17 bits per heavy atom. The first-order valence-corrected chi connectivity index (χ1v) is 5.74. The van der Waals surface area contributed by atoms with E-state index < -0.39 is 5.97 Å². The largest absolute Gasteiger partial charge is 0.480 e. The summed E-state index contributed by atoms with van der Waals surface area (Å²) in [6.45, 7) is 5.58. The highest BCUT2D eigenvalue weighted by Crippen LogP contribution is 2.25. The van der Waals surface area contributed by atoms with Crippen LogP contribution in [0.3, 0.4) is 0 Å². The molecule has 0 aliphatic rings. The van der Waals surface area contributed by atoms with E-state index in [0.717, 1.165) is 17.0 Å². The van der Waals surface area contributed by atoms with Crippen LogP contribution in [0.15, 0.2) is 10.5 Å². The van der Waals surface area contributed by atoms with E-state index in [-0.39, 0.29) is 6.54 Å². The van der Waals surface area contributed by atoms with Crippen LogP contribution in [-0.2, 0) is 17.8 Å². The Bertz CT molecular complexity index is 583. The van der Waals surface area contributed by atoms with Crippen molar-refractivity contribution in [3.63, 3.8) is 0 Å². The highest BCUT2D eigenvalue weighted by molar-refractivity contribution is 5.68. The molecule has 1 N–H and O–H groups in total. The number of carbonyl (C=O) groups is 1. The SMILES string of the molecule is CCc1nnc(-c2cc(C)n(CC(=O)O)c2C)o1. The van der Waals surface area contributed by atoms with Crippen LogP contribution in [0.4, 0.5) is 0 Å². The van der Waals surface area contributed by atoms with Crippen molar-refractivity contribution in [1.29, 1.82) is 0 Å². The average molecular weight is 249 g/mol. The van der Waals surface area contributed by atoms with Crippen molar-refractivity contribution in [3.05, 3.63) is 23.3 Å². The van der Waals surface area contributed by atoms with Gasteiger partial charge < -0.3 is 14.1 Å². The molecule has 0 aliphatic carbocycles. The minimum atomic E-state index is -0.872. The second-order valence-corrected chi connectivity index (χ2v) is 4.12. The first-order chi connectivity index (χ1) is 8.52. The van der Waals surface area contributed by atoms with Gasteiger partial charge in [-0.25, -0.2) is 0 Å². The lowest BCUT2D eigenvalue weighted by Crippen LogP contribution is -2.11. The Morgan fingerprint density at radius 3 is 2.72 bits per heavy atom. The third-order valence-electron chi connectivity index (χ3n) is 2.87. The number of aliphatic carboxylic acids is 1. The van der Waals surface area contributed by atoms with Gasteiger partial charge in [0.05, 0.1) is 5.56 Å². The molecule has 18 heavy (non-hydrogen) atoms. The molecule has 0 atom stereocenters. The van der Waals surface area contributed by atoms with Crippen LogP contribution in [0.1, 0.15) is 24.2 Å². The molecule has 2 aromatic rings. The van der Waals surface area contributed by atoms with Gasteiger partial charge in [0.25, 0.3) is 0 Å². The molecule has 0 aliphatic heterocycles. The fourth-order valence-electron chi connectivity index (χ4n) is 1.90. The summed E-state index contributed by atoms with van der Waals surface area (Å²) in [6.07, 6.45) is 0.681. The molecule has 6 heteroatoms. The molecule has 2 aromatic heterocycles. The van der Waals surface area contributed by atoms with Gasteiger partial charge in [-0.1, -0.05) is 6.92 Å². The average Bonchev–Trinajstić information content (AvgIpc) is 2.88. The Labute approximate surface area is 104 Å². The van der Waals surface area contributed by atoms with Gasteiger partial charge >= 0.3 is 5.97 Å². The highest BCUT2D eigenvalue weighted by Gasteiger charge is 2.17. The maximum absolute atomic E-state index is 10.8. The van der Waals surface area contributed by atoms with E-state index in [1.165, 1.54) is 0 Å². The van der Waals surface area contributed by atoms with Gasteiger partial charge in [-0.05, 0) is 19.9 Å². The molecule has 0 aromatic carbocycles. The lowest BCUT2D eigenvalue weighted by Gasteiger charge is -2.05.